The number of sulfonamides is 1. The Labute approximate surface area is 201 Å². The lowest BCUT2D eigenvalue weighted by Crippen LogP contribution is -2.38. The van der Waals surface area contributed by atoms with Crippen LogP contribution in [0.15, 0.2) is 65.6 Å². The molecular formula is C25H32N4O4S. The van der Waals surface area contributed by atoms with E-state index in [0.717, 1.165) is 11.4 Å². The maximum absolute atomic E-state index is 13.1. The number of benzene rings is 2. The zero-order valence-electron chi connectivity index (χ0n) is 20.3. The molecule has 8 nitrogen and oxygen atoms in total. The number of nitrogens with one attached hydrogen (secondary N) is 1. The van der Waals surface area contributed by atoms with Crippen LogP contribution in [0.4, 0.5) is 5.82 Å². The Morgan fingerprint density at radius 2 is 1.74 bits per heavy atom. The number of carbonyl (C=O) groups is 1. The summed E-state index contributed by atoms with van der Waals surface area (Å²) in [6, 6.07) is 17.3. The van der Waals surface area contributed by atoms with Gasteiger partial charge in [-0.15, -0.1) is 0 Å². The fourth-order valence-electron chi connectivity index (χ4n) is 3.37. The van der Waals surface area contributed by atoms with Crippen molar-refractivity contribution >= 4 is 21.7 Å². The average Bonchev–Trinajstić information content (AvgIpc) is 3.23. The largest absolute Gasteiger partial charge is 0.497 e. The van der Waals surface area contributed by atoms with Crippen molar-refractivity contribution in [1.29, 1.82) is 0 Å². The topological polar surface area (TPSA) is 93.5 Å². The molecule has 9 heteroatoms. The average molecular weight is 485 g/mol. The Kier molecular flexibility index (Phi) is 7.78. The molecule has 0 aliphatic carbocycles. The molecule has 0 radical (unpaired) electrons. The first-order valence-corrected chi connectivity index (χ1v) is 12.6. The first-order valence-electron chi connectivity index (χ1n) is 11.2. The van der Waals surface area contributed by atoms with E-state index < -0.39 is 15.9 Å². The summed E-state index contributed by atoms with van der Waals surface area (Å²) in [4.78, 5) is 13.2. The van der Waals surface area contributed by atoms with E-state index >= 15 is 0 Å². The van der Waals surface area contributed by atoms with Crippen LogP contribution in [0.2, 0.25) is 0 Å². The zero-order chi connectivity index (χ0) is 24.9. The maximum atomic E-state index is 13.1. The summed E-state index contributed by atoms with van der Waals surface area (Å²) < 4.78 is 34.3. The molecule has 0 bridgehead atoms. The van der Waals surface area contributed by atoms with Crippen molar-refractivity contribution < 1.29 is 17.9 Å². The summed E-state index contributed by atoms with van der Waals surface area (Å²) in [6.45, 7) is 7.91. The van der Waals surface area contributed by atoms with Crippen molar-refractivity contribution in [2.75, 3.05) is 25.5 Å². The summed E-state index contributed by atoms with van der Waals surface area (Å²) in [5.41, 5.74) is 1.29. The quantitative estimate of drug-likeness (QED) is 0.491. The molecule has 0 aliphatic rings. The third kappa shape index (κ3) is 5.84. The molecule has 2 aromatic carbocycles. The van der Waals surface area contributed by atoms with Crippen molar-refractivity contribution in [2.24, 2.45) is 0 Å². The summed E-state index contributed by atoms with van der Waals surface area (Å²) in [7, 11) is -2.21. The molecule has 1 heterocycles. The van der Waals surface area contributed by atoms with Crippen LogP contribution in [0.1, 0.15) is 39.8 Å². The highest BCUT2D eigenvalue weighted by Crippen LogP contribution is 2.27. The highest BCUT2D eigenvalue weighted by molar-refractivity contribution is 7.89. The number of nitrogens with zero attached hydrogens (tertiary/aromatic N) is 3. The second-order valence-electron chi connectivity index (χ2n) is 8.97. The standard InChI is InChI=1S/C25H32N4O4S/c1-6-16-28(34(31,32)21-10-8-7-9-11-21)18-24(30)26-23-17-22(25(2,3)4)27-29(23)19-12-14-20(33-5)15-13-19/h7-15,17H,6,16,18H2,1-5H3,(H,26,30). The number of methoxy groups -OCH3 is 1. The van der Waals surface area contributed by atoms with Gasteiger partial charge in [0, 0.05) is 18.0 Å². The molecule has 0 aliphatic heterocycles. The smallest absolute Gasteiger partial charge is 0.243 e. The van der Waals surface area contributed by atoms with Gasteiger partial charge in [-0.05, 0) is 42.8 Å². The molecular weight excluding hydrogens is 452 g/mol. The Balaban J connectivity index is 1.89. The van der Waals surface area contributed by atoms with Gasteiger partial charge in [-0.2, -0.15) is 9.40 Å². The predicted molar refractivity (Wildman–Crippen MR) is 133 cm³/mol. The van der Waals surface area contributed by atoms with Gasteiger partial charge >= 0.3 is 0 Å². The van der Waals surface area contributed by atoms with E-state index in [9.17, 15) is 13.2 Å². The monoisotopic (exact) mass is 484 g/mol. The van der Waals surface area contributed by atoms with E-state index in [0.29, 0.717) is 18.0 Å². The lowest BCUT2D eigenvalue weighted by atomic mass is 9.92. The molecule has 1 amide bonds. The Hall–Kier alpha value is -3.17. The van der Waals surface area contributed by atoms with Crippen molar-refractivity contribution in [3.05, 3.63) is 66.4 Å². The number of hydrogen-bond acceptors (Lipinski definition) is 5. The minimum absolute atomic E-state index is 0.162. The van der Waals surface area contributed by atoms with E-state index in [2.05, 4.69) is 5.32 Å². The number of aromatic nitrogens is 2. The molecule has 0 fully saturated rings. The van der Waals surface area contributed by atoms with Crippen LogP contribution in [0, 0.1) is 0 Å². The second kappa shape index (κ2) is 10.4. The second-order valence-corrected chi connectivity index (χ2v) is 10.9. The highest BCUT2D eigenvalue weighted by Gasteiger charge is 2.27. The van der Waals surface area contributed by atoms with Gasteiger partial charge in [0.15, 0.2) is 0 Å². The number of amides is 1. The number of hydrogen-bond donors (Lipinski definition) is 1. The number of ether oxygens (including phenoxy) is 1. The van der Waals surface area contributed by atoms with Crippen molar-refractivity contribution in [3.63, 3.8) is 0 Å². The van der Waals surface area contributed by atoms with Gasteiger partial charge in [0.05, 0.1) is 29.9 Å². The fraction of sp³-hybridized carbons (Fsp3) is 0.360. The molecule has 0 spiro atoms. The first kappa shape index (κ1) is 25.5. The van der Waals surface area contributed by atoms with Crippen LogP contribution >= 0.6 is 0 Å². The van der Waals surface area contributed by atoms with Gasteiger partial charge in [0.25, 0.3) is 0 Å². The Morgan fingerprint density at radius 3 is 2.29 bits per heavy atom. The third-order valence-corrected chi connectivity index (χ3v) is 7.10. The van der Waals surface area contributed by atoms with Gasteiger partial charge in [-0.25, -0.2) is 13.1 Å². The van der Waals surface area contributed by atoms with E-state index in [-0.39, 0.29) is 23.4 Å². The minimum atomic E-state index is -3.80. The molecule has 1 N–H and O–H groups in total. The number of anilines is 1. The SMILES string of the molecule is CCCN(CC(=O)Nc1cc(C(C)(C)C)nn1-c1ccc(OC)cc1)S(=O)(=O)c1ccccc1. The van der Waals surface area contributed by atoms with E-state index in [1.54, 1.807) is 30.0 Å². The lowest BCUT2D eigenvalue weighted by molar-refractivity contribution is -0.116. The summed E-state index contributed by atoms with van der Waals surface area (Å²) in [5.74, 6) is 0.732. The van der Waals surface area contributed by atoms with Gasteiger partial charge < -0.3 is 10.1 Å². The van der Waals surface area contributed by atoms with Crippen molar-refractivity contribution in [1.82, 2.24) is 14.1 Å². The van der Waals surface area contributed by atoms with Gasteiger partial charge in [0.1, 0.15) is 11.6 Å². The minimum Gasteiger partial charge on any atom is -0.497 e. The van der Waals surface area contributed by atoms with Gasteiger partial charge in [-0.1, -0.05) is 45.9 Å². The van der Waals surface area contributed by atoms with Crippen LogP contribution in [0.3, 0.4) is 0 Å². The zero-order valence-corrected chi connectivity index (χ0v) is 21.1. The lowest BCUT2D eigenvalue weighted by Gasteiger charge is -2.21. The van der Waals surface area contributed by atoms with Crippen molar-refractivity contribution in [2.45, 2.75) is 44.4 Å². The summed E-state index contributed by atoms with van der Waals surface area (Å²) in [6.07, 6.45) is 0.581. The predicted octanol–water partition coefficient (Wildman–Crippen LogP) is 4.22. The van der Waals surface area contributed by atoms with E-state index in [4.69, 9.17) is 9.84 Å². The highest BCUT2D eigenvalue weighted by atomic mass is 32.2. The molecule has 3 aromatic rings. The molecule has 0 atom stereocenters. The summed E-state index contributed by atoms with van der Waals surface area (Å²) >= 11 is 0. The van der Waals surface area contributed by atoms with Gasteiger partial charge in [0.2, 0.25) is 15.9 Å². The number of carbonyl (C=O) groups excluding carboxylic acids is 1. The molecule has 3 rings (SSSR count). The maximum Gasteiger partial charge on any atom is 0.243 e. The third-order valence-electron chi connectivity index (χ3n) is 5.24. The molecule has 0 saturated heterocycles. The summed E-state index contributed by atoms with van der Waals surface area (Å²) in [5, 5.41) is 7.57. The first-order chi connectivity index (χ1) is 16.1. The normalized spacial score (nSPS) is 12.1. The molecule has 34 heavy (non-hydrogen) atoms. The van der Waals surface area contributed by atoms with Crippen molar-refractivity contribution in [3.8, 4) is 11.4 Å². The number of rotatable bonds is 9. The molecule has 182 valence electrons. The van der Waals surface area contributed by atoms with Crippen LogP contribution in [0.5, 0.6) is 5.75 Å². The van der Waals surface area contributed by atoms with E-state index in [1.165, 1.54) is 16.4 Å². The Morgan fingerprint density at radius 1 is 1.09 bits per heavy atom. The van der Waals surface area contributed by atoms with Gasteiger partial charge in [-0.3, -0.25) is 4.79 Å². The van der Waals surface area contributed by atoms with Crippen LogP contribution in [-0.4, -0.2) is 48.6 Å². The van der Waals surface area contributed by atoms with E-state index in [1.807, 2.05) is 58.0 Å². The van der Waals surface area contributed by atoms with Crippen LogP contribution in [-0.2, 0) is 20.2 Å². The van der Waals surface area contributed by atoms with Crippen LogP contribution in [0.25, 0.3) is 5.69 Å². The fourth-order valence-corrected chi connectivity index (χ4v) is 4.88. The molecule has 1 aromatic heterocycles. The molecule has 0 unspecified atom stereocenters. The Bertz CT molecular complexity index is 1210. The molecule has 0 saturated carbocycles. The van der Waals surface area contributed by atoms with Crippen LogP contribution < -0.4 is 10.1 Å².